The maximum atomic E-state index is 13.3. The zero-order valence-corrected chi connectivity index (χ0v) is 15.4. The maximum Gasteiger partial charge on any atom is 0.228 e. The smallest absolute Gasteiger partial charge is 0.228 e. The Labute approximate surface area is 154 Å². The first-order valence-corrected chi connectivity index (χ1v) is 9.79. The van der Waals surface area contributed by atoms with Crippen LogP contribution in [0.3, 0.4) is 0 Å². The quantitative estimate of drug-likeness (QED) is 0.814. The highest BCUT2D eigenvalue weighted by molar-refractivity contribution is 5.80. The molecule has 3 unspecified atom stereocenters. The van der Waals surface area contributed by atoms with Crippen LogP contribution in [0.2, 0.25) is 0 Å². The molecule has 2 aliphatic rings. The largest absolute Gasteiger partial charge is 0.342 e. The lowest BCUT2D eigenvalue weighted by molar-refractivity contribution is -0.137. The first-order chi connectivity index (χ1) is 12.6. The molecule has 26 heavy (non-hydrogen) atoms. The molecule has 2 saturated heterocycles. The summed E-state index contributed by atoms with van der Waals surface area (Å²) in [6.45, 7) is 4.43. The van der Waals surface area contributed by atoms with Crippen LogP contribution in [0.5, 0.6) is 0 Å². The summed E-state index contributed by atoms with van der Waals surface area (Å²) >= 11 is 0. The number of nitrogens with one attached hydrogen (secondary N) is 2. The summed E-state index contributed by atoms with van der Waals surface area (Å²) in [5.41, 5.74) is 7.18. The minimum atomic E-state index is -0.802. The number of piperidine rings is 1. The normalized spacial score (nSPS) is 26.3. The van der Waals surface area contributed by atoms with Crippen molar-refractivity contribution in [1.82, 2.24) is 15.8 Å². The second-order valence-electron chi connectivity index (χ2n) is 7.61. The number of likely N-dealkylation sites (tertiary alicyclic amines) is 1. The van der Waals surface area contributed by atoms with Gasteiger partial charge in [-0.15, -0.1) is 0 Å². The topological polar surface area (TPSA) is 44.4 Å². The molecular weight excluding hydrogens is 336 g/mol. The molecule has 4 nitrogen and oxygen atoms in total. The molecule has 3 atom stereocenters. The molecular formula is C20H29F2N3O. The van der Waals surface area contributed by atoms with Crippen LogP contribution < -0.4 is 10.9 Å². The fourth-order valence-electron chi connectivity index (χ4n) is 4.19. The number of hydrogen-bond donors (Lipinski definition) is 2. The van der Waals surface area contributed by atoms with Crippen molar-refractivity contribution in [2.45, 2.75) is 51.5 Å². The lowest BCUT2D eigenvalue weighted by Crippen LogP contribution is -2.46. The summed E-state index contributed by atoms with van der Waals surface area (Å²) in [4.78, 5) is 15.0. The van der Waals surface area contributed by atoms with E-state index in [9.17, 15) is 13.6 Å². The first-order valence-electron chi connectivity index (χ1n) is 9.79. The maximum absolute atomic E-state index is 13.3. The Balaban J connectivity index is 1.53. The Morgan fingerprint density at radius 3 is 2.88 bits per heavy atom. The minimum Gasteiger partial charge on any atom is -0.342 e. The molecule has 0 saturated carbocycles. The van der Waals surface area contributed by atoms with Crippen LogP contribution in [0.4, 0.5) is 8.78 Å². The van der Waals surface area contributed by atoms with E-state index >= 15 is 0 Å². The second kappa shape index (κ2) is 8.91. The van der Waals surface area contributed by atoms with Crippen molar-refractivity contribution in [2.75, 3.05) is 19.6 Å². The van der Waals surface area contributed by atoms with Crippen molar-refractivity contribution in [2.24, 2.45) is 11.8 Å². The van der Waals surface area contributed by atoms with Gasteiger partial charge in [-0.1, -0.05) is 19.4 Å². The monoisotopic (exact) mass is 365 g/mol. The van der Waals surface area contributed by atoms with Gasteiger partial charge in [0.2, 0.25) is 5.91 Å². The van der Waals surface area contributed by atoms with Crippen molar-refractivity contribution in [3.8, 4) is 0 Å². The SMILES string of the molecule is CCCC1NNCC1C(=O)N1CCCC(CCc2ccc(F)c(F)c2)C1. The van der Waals surface area contributed by atoms with Crippen LogP contribution in [-0.4, -0.2) is 36.5 Å². The van der Waals surface area contributed by atoms with Gasteiger partial charge in [-0.2, -0.15) is 0 Å². The van der Waals surface area contributed by atoms with Crippen LogP contribution in [0.1, 0.15) is 44.6 Å². The molecule has 0 aliphatic carbocycles. The molecule has 1 aromatic carbocycles. The van der Waals surface area contributed by atoms with E-state index in [0.29, 0.717) is 12.5 Å². The van der Waals surface area contributed by atoms with Gasteiger partial charge in [0.1, 0.15) is 0 Å². The van der Waals surface area contributed by atoms with E-state index in [-0.39, 0.29) is 17.9 Å². The van der Waals surface area contributed by atoms with Crippen molar-refractivity contribution < 1.29 is 13.6 Å². The van der Waals surface area contributed by atoms with Gasteiger partial charge in [-0.25, -0.2) is 8.78 Å². The summed E-state index contributed by atoms with van der Waals surface area (Å²) in [6.07, 6.45) is 5.77. The van der Waals surface area contributed by atoms with E-state index in [1.807, 2.05) is 4.90 Å². The highest BCUT2D eigenvalue weighted by atomic mass is 19.2. The molecule has 6 heteroatoms. The standard InChI is InChI=1S/C20H29F2N3O/c1-2-4-19-16(12-23-24-19)20(26)25-10-3-5-15(13-25)7-6-14-8-9-17(21)18(22)11-14/h8-9,11,15-16,19,23-24H,2-7,10,12-13H2,1H3. The Kier molecular flexibility index (Phi) is 6.59. The van der Waals surface area contributed by atoms with Crippen LogP contribution >= 0.6 is 0 Å². The molecule has 1 aromatic rings. The number of carbonyl (C=O) groups is 1. The van der Waals surface area contributed by atoms with E-state index in [4.69, 9.17) is 0 Å². The number of aryl methyl sites for hydroxylation is 1. The Hall–Kier alpha value is -1.53. The van der Waals surface area contributed by atoms with Gasteiger partial charge in [0, 0.05) is 25.7 Å². The predicted molar refractivity (Wildman–Crippen MR) is 97.3 cm³/mol. The molecule has 1 amide bonds. The van der Waals surface area contributed by atoms with E-state index in [1.54, 1.807) is 6.07 Å². The van der Waals surface area contributed by atoms with Crippen molar-refractivity contribution in [3.05, 3.63) is 35.4 Å². The molecule has 0 aromatic heterocycles. The van der Waals surface area contributed by atoms with Gasteiger partial charge >= 0.3 is 0 Å². The zero-order chi connectivity index (χ0) is 18.5. The summed E-state index contributed by atoms with van der Waals surface area (Å²) in [6, 6.07) is 4.34. The lowest BCUT2D eigenvalue weighted by Gasteiger charge is -2.35. The summed E-state index contributed by atoms with van der Waals surface area (Å²) in [5.74, 6) is -0.902. The van der Waals surface area contributed by atoms with Crippen LogP contribution in [0, 0.1) is 23.5 Å². The predicted octanol–water partition coefficient (Wildman–Crippen LogP) is 3.03. The highest BCUT2D eigenvalue weighted by Gasteiger charge is 2.36. The van der Waals surface area contributed by atoms with Gasteiger partial charge in [0.25, 0.3) is 0 Å². The van der Waals surface area contributed by atoms with E-state index in [1.165, 1.54) is 12.1 Å². The lowest BCUT2D eigenvalue weighted by atomic mass is 9.89. The van der Waals surface area contributed by atoms with Gasteiger partial charge in [0.15, 0.2) is 11.6 Å². The van der Waals surface area contributed by atoms with E-state index < -0.39 is 11.6 Å². The number of rotatable bonds is 6. The van der Waals surface area contributed by atoms with Crippen molar-refractivity contribution >= 4 is 5.91 Å². The average molecular weight is 365 g/mol. The summed E-state index contributed by atoms with van der Waals surface area (Å²) in [7, 11) is 0. The Bertz CT molecular complexity index is 625. The van der Waals surface area contributed by atoms with E-state index in [0.717, 1.165) is 57.2 Å². The fraction of sp³-hybridized carbons (Fsp3) is 0.650. The van der Waals surface area contributed by atoms with Crippen LogP contribution in [0.25, 0.3) is 0 Å². The molecule has 2 N–H and O–H groups in total. The highest BCUT2D eigenvalue weighted by Crippen LogP contribution is 2.25. The summed E-state index contributed by atoms with van der Waals surface area (Å²) < 4.78 is 26.4. The van der Waals surface area contributed by atoms with Crippen molar-refractivity contribution in [1.29, 1.82) is 0 Å². The van der Waals surface area contributed by atoms with Crippen LogP contribution in [0.15, 0.2) is 18.2 Å². The molecule has 2 heterocycles. The van der Waals surface area contributed by atoms with Crippen LogP contribution in [-0.2, 0) is 11.2 Å². The van der Waals surface area contributed by atoms with Crippen molar-refractivity contribution in [3.63, 3.8) is 0 Å². The molecule has 0 radical (unpaired) electrons. The number of carbonyl (C=O) groups excluding carboxylic acids is 1. The molecule has 0 bridgehead atoms. The number of benzene rings is 1. The number of nitrogens with zero attached hydrogens (tertiary/aromatic N) is 1. The fourth-order valence-corrected chi connectivity index (χ4v) is 4.19. The average Bonchev–Trinajstić information content (AvgIpc) is 3.11. The minimum absolute atomic E-state index is 0.0138. The van der Waals surface area contributed by atoms with E-state index in [2.05, 4.69) is 17.8 Å². The third kappa shape index (κ3) is 4.60. The summed E-state index contributed by atoms with van der Waals surface area (Å²) in [5, 5.41) is 0. The number of halogens is 2. The number of amides is 1. The van der Waals surface area contributed by atoms with Gasteiger partial charge in [-0.3, -0.25) is 15.6 Å². The molecule has 2 aliphatic heterocycles. The first kappa shape index (κ1) is 19.2. The molecule has 3 rings (SSSR count). The molecule has 2 fully saturated rings. The Morgan fingerprint density at radius 1 is 1.27 bits per heavy atom. The molecule has 0 spiro atoms. The zero-order valence-electron chi connectivity index (χ0n) is 15.4. The third-order valence-corrected chi connectivity index (χ3v) is 5.67. The van der Waals surface area contributed by atoms with Gasteiger partial charge in [0.05, 0.1) is 5.92 Å². The Morgan fingerprint density at radius 2 is 2.12 bits per heavy atom. The second-order valence-corrected chi connectivity index (χ2v) is 7.61. The molecule has 144 valence electrons. The number of hydrogen-bond acceptors (Lipinski definition) is 3. The van der Waals surface area contributed by atoms with Gasteiger partial charge in [-0.05, 0) is 55.7 Å². The van der Waals surface area contributed by atoms with Gasteiger partial charge < -0.3 is 4.90 Å². The third-order valence-electron chi connectivity index (χ3n) is 5.67. The number of hydrazine groups is 1.